The van der Waals surface area contributed by atoms with E-state index in [-0.39, 0.29) is 18.2 Å². The number of carbonyl (C=O) groups is 1. The number of ether oxygens (including phenoxy) is 1. The van der Waals surface area contributed by atoms with Crippen molar-refractivity contribution in [1.82, 2.24) is 0 Å². The van der Waals surface area contributed by atoms with E-state index >= 15 is 0 Å². The minimum absolute atomic E-state index is 0.0480. The summed E-state index contributed by atoms with van der Waals surface area (Å²) in [4.78, 5) is 12.6. The fourth-order valence-electron chi connectivity index (χ4n) is 2.62. The predicted octanol–water partition coefficient (Wildman–Crippen LogP) is 2.55. The molecule has 1 atom stereocenters. The largest absolute Gasteiger partial charge is 0.476 e. The van der Waals surface area contributed by atoms with Crippen molar-refractivity contribution in [3.63, 3.8) is 0 Å². The molecule has 0 saturated carbocycles. The van der Waals surface area contributed by atoms with Gasteiger partial charge in [-0.3, -0.25) is 9.10 Å². The van der Waals surface area contributed by atoms with Gasteiger partial charge in [-0.05, 0) is 38.1 Å². The standard InChI is InChI=1S/C18H20N2O4S/c1-3-25(22,23)20-12-17(24-16-7-5-4-6-15(16)20)18(21)19-14-10-8-13(2)9-11-14/h4-11,17H,3,12H2,1-2H3,(H,19,21)/t17-/m0/s1. The van der Waals surface area contributed by atoms with Crippen LogP contribution >= 0.6 is 0 Å². The Balaban J connectivity index is 1.86. The zero-order valence-corrected chi connectivity index (χ0v) is 14.9. The molecule has 6 nitrogen and oxygen atoms in total. The van der Waals surface area contributed by atoms with Crippen LogP contribution in [-0.2, 0) is 14.8 Å². The highest BCUT2D eigenvalue weighted by Gasteiger charge is 2.35. The van der Waals surface area contributed by atoms with E-state index in [4.69, 9.17) is 4.74 Å². The molecule has 0 aromatic heterocycles. The van der Waals surface area contributed by atoms with E-state index in [9.17, 15) is 13.2 Å². The SMILES string of the molecule is CCS(=O)(=O)N1C[C@@H](C(=O)Nc2ccc(C)cc2)Oc2ccccc21. The molecule has 0 bridgehead atoms. The fraction of sp³-hybridized carbons (Fsp3) is 0.278. The van der Waals surface area contributed by atoms with Crippen LogP contribution in [0.1, 0.15) is 12.5 Å². The van der Waals surface area contributed by atoms with Gasteiger partial charge in [0.05, 0.1) is 18.0 Å². The van der Waals surface area contributed by atoms with Crippen LogP contribution in [0, 0.1) is 6.92 Å². The van der Waals surface area contributed by atoms with Gasteiger partial charge in [-0.25, -0.2) is 8.42 Å². The molecule has 2 aromatic rings. The second kappa shape index (κ2) is 6.76. The molecule has 0 spiro atoms. The van der Waals surface area contributed by atoms with Crippen molar-refractivity contribution in [3.8, 4) is 5.75 Å². The number of fused-ring (bicyclic) bond motifs is 1. The van der Waals surface area contributed by atoms with Crippen LogP contribution in [0.5, 0.6) is 5.75 Å². The highest BCUT2D eigenvalue weighted by molar-refractivity contribution is 7.92. The summed E-state index contributed by atoms with van der Waals surface area (Å²) in [6.07, 6.45) is -0.919. The Kier molecular flexibility index (Phi) is 4.67. The Morgan fingerprint density at radius 1 is 1.20 bits per heavy atom. The van der Waals surface area contributed by atoms with Gasteiger partial charge in [0.15, 0.2) is 6.10 Å². The summed E-state index contributed by atoms with van der Waals surface area (Å²) in [5.41, 5.74) is 2.19. The average molecular weight is 360 g/mol. The van der Waals surface area contributed by atoms with Crippen molar-refractivity contribution in [2.24, 2.45) is 0 Å². The molecule has 0 saturated heterocycles. The lowest BCUT2D eigenvalue weighted by Gasteiger charge is -2.34. The van der Waals surface area contributed by atoms with Crippen LogP contribution in [0.3, 0.4) is 0 Å². The molecule has 0 fully saturated rings. The molecular weight excluding hydrogens is 340 g/mol. The zero-order valence-electron chi connectivity index (χ0n) is 14.1. The zero-order chi connectivity index (χ0) is 18.0. The number of amides is 1. The number of nitrogens with one attached hydrogen (secondary N) is 1. The lowest BCUT2D eigenvalue weighted by molar-refractivity contribution is -0.122. The topological polar surface area (TPSA) is 75.7 Å². The number of carbonyl (C=O) groups excluding carboxylic acids is 1. The Morgan fingerprint density at radius 3 is 2.56 bits per heavy atom. The minimum atomic E-state index is -3.51. The number of benzene rings is 2. The van der Waals surface area contributed by atoms with Crippen LogP contribution < -0.4 is 14.4 Å². The summed E-state index contributed by atoms with van der Waals surface area (Å²) in [5, 5.41) is 2.77. The summed E-state index contributed by atoms with van der Waals surface area (Å²) < 4.78 is 31.8. The highest BCUT2D eigenvalue weighted by Crippen LogP contribution is 2.35. The number of aryl methyl sites for hydroxylation is 1. The highest BCUT2D eigenvalue weighted by atomic mass is 32.2. The number of rotatable bonds is 4. The number of para-hydroxylation sites is 2. The molecule has 1 amide bonds. The lowest BCUT2D eigenvalue weighted by atomic mass is 10.2. The maximum absolute atomic E-state index is 12.6. The fourth-order valence-corrected chi connectivity index (χ4v) is 3.74. The number of hydrogen-bond donors (Lipinski definition) is 1. The summed E-state index contributed by atoms with van der Waals surface area (Å²) >= 11 is 0. The van der Waals surface area contributed by atoms with Crippen molar-refractivity contribution < 1.29 is 17.9 Å². The molecule has 25 heavy (non-hydrogen) atoms. The van der Waals surface area contributed by atoms with Crippen LogP contribution in [0.15, 0.2) is 48.5 Å². The minimum Gasteiger partial charge on any atom is -0.476 e. The Labute approximate surface area is 147 Å². The summed E-state index contributed by atoms with van der Waals surface area (Å²) in [6.45, 7) is 3.49. The quantitative estimate of drug-likeness (QED) is 0.909. The predicted molar refractivity (Wildman–Crippen MR) is 97.5 cm³/mol. The van der Waals surface area contributed by atoms with Gasteiger partial charge in [0.1, 0.15) is 5.75 Å². The third kappa shape index (κ3) is 3.61. The van der Waals surface area contributed by atoms with Crippen molar-refractivity contribution in [3.05, 3.63) is 54.1 Å². The third-order valence-corrected chi connectivity index (χ3v) is 5.79. The summed E-state index contributed by atoms with van der Waals surface area (Å²) in [6, 6.07) is 14.2. The van der Waals surface area contributed by atoms with Crippen LogP contribution in [-0.4, -0.2) is 32.7 Å². The summed E-state index contributed by atoms with van der Waals surface area (Å²) in [7, 11) is -3.51. The molecule has 1 heterocycles. The maximum Gasteiger partial charge on any atom is 0.267 e. The molecule has 1 aliphatic rings. The second-order valence-corrected chi connectivity index (χ2v) is 8.04. The molecular formula is C18H20N2O4S. The van der Waals surface area contributed by atoms with E-state index in [0.717, 1.165) is 5.56 Å². The normalized spacial score (nSPS) is 16.7. The van der Waals surface area contributed by atoms with Crippen LogP contribution in [0.25, 0.3) is 0 Å². The van der Waals surface area contributed by atoms with Crippen LogP contribution in [0.4, 0.5) is 11.4 Å². The van der Waals surface area contributed by atoms with Gasteiger partial charge in [0.2, 0.25) is 10.0 Å². The molecule has 3 rings (SSSR count). The van der Waals surface area contributed by atoms with Gasteiger partial charge in [-0.1, -0.05) is 29.8 Å². The molecule has 0 radical (unpaired) electrons. The molecule has 132 valence electrons. The Hall–Kier alpha value is -2.54. The van der Waals surface area contributed by atoms with E-state index < -0.39 is 16.1 Å². The Bertz CT molecular complexity index is 878. The van der Waals surface area contributed by atoms with E-state index in [1.165, 1.54) is 4.31 Å². The smallest absolute Gasteiger partial charge is 0.267 e. The first-order valence-corrected chi connectivity index (χ1v) is 9.65. The number of anilines is 2. The van der Waals surface area contributed by atoms with Crippen molar-refractivity contribution in [2.45, 2.75) is 20.0 Å². The van der Waals surface area contributed by atoms with Gasteiger partial charge < -0.3 is 10.1 Å². The number of hydrogen-bond acceptors (Lipinski definition) is 4. The maximum atomic E-state index is 12.6. The van der Waals surface area contributed by atoms with Gasteiger partial charge >= 0.3 is 0 Å². The molecule has 1 aliphatic heterocycles. The molecule has 2 aromatic carbocycles. The molecule has 0 unspecified atom stereocenters. The van der Waals surface area contributed by atoms with Gasteiger partial charge in [0.25, 0.3) is 5.91 Å². The lowest BCUT2D eigenvalue weighted by Crippen LogP contribution is -2.49. The first-order chi connectivity index (χ1) is 11.9. The van der Waals surface area contributed by atoms with E-state index in [1.54, 1.807) is 43.3 Å². The van der Waals surface area contributed by atoms with Gasteiger partial charge in [-0.15, -0.1) is 0 Å². The van der Waals surface area contributed by atoms with Crippen LogP contribution in [0.2, 0.25) is 0 Å². The molecule has 7 heteroatoms. The number of sulfonamides is 1. The van der Waals surface area contributed by atoms with E-state index in [1.807, 2.05) is 19.1 Å². The monoisotopic (exact) mass is 360 g/mol. The van der Waals surface area contributed by atoms with Crippen molar-refractivity contribution in [2.75, 3.05) is 21.9 Å². The molecule has 0 aliphatic carbocycles. The van der Waals surface area contributed by atoms with Crippen molar-refractivity contribution >= 4 is 27.3 Å². The van der Waals surface area contributed by atoms with Crippen molar-refractivity contribution in [1.29, 1.82) is 0 Å². The average Bonchev–Trinajstić information content (AvgIpc) is 2.62. The van der Waals surface area contributed by atoms with E-state index in [0.29, 0.717) is 17.1 Å². The Morgan fingerprint density at radius 2 is 1.88 bits per heavy atom. The van der Waals surface area contributed by atoms with Gasteiger partial charge in [0, 0.05) is 5.69 Å². The second-order valence-electron chi connectivity index (χ2n) is 5.86. The first kappa shape index (κ1) is 17.3. The van der Waals surface area contributed by atoms with E-state index in [2.05, 4.69) is 5.32 Å². The summed E-state index contributed by atoms with van der Waals surface area (Å²) in [5.74, 6) is -0.0438. The van der Waals surface area contributed by atoms with Gasteiger partial charge in [-0.2, -0.15) is 0 Å². The molecule has 1 N–H and O–H groups in total. The number of nitrogens with zero attached hydrogens (tertiary/aromatic N) is 1. The first-order valence-electron chi connectivity index (χ1n) is 8.04. The third-order valence-electron chi connectivity index (χ3n) is 4.05.